The molecule has 0 fully saturated rings. The van der Waals surface area contributed by atoms with Gasteiger partial charge >= 0.3 is 12.1 Å². The van der Waals surface area contributed by atoms with Gasteiger partial charge in [-0.15, -0.1) is 11.3 Å². The van der Waals surface area contributed by atoms with Crippen LogP contribution in [0.2, 0.25) is 0 Å². The topological polar surface area (TPSA) is 64.6 Å². The number of carbonyl (C=O) groups excluding carboxylic acids is 2. The maximum Gasteiger partial charge on any atom is 0.408 e. The van der Waals surface area contributed by atoms with Crippen molar-refractivity contribution in [3.8, 4) is 0 Å². The molecule has 6 heteroatoms. The number of carbonyl (C=O) groups is 2. The molecule has 0 saturated carbocycles. The molecule has 118 valence electrons. The Hall–Kier alpha value is -2.60. The molecule has 0 aliphatic carbocycles. The highest BCUT2D eigenvalue weighted by Gasteiger charge is 2.30. The Morgan fingerprint density at radius 1 is 1.26 bits per heavy atom. The van der Waals surface area contributed by atoms with Crippen molar-refractivity contribution in [1.29, 1.82) is 0 Å². The first kappa shape index (κ1) is 15.3. The van der Waals surface area contributed by atoms with Crippen molar-refractivity contribution in [2.75, 3.05) is 0 Å². The molecule has 0 radical (unpaired) electrons. The van der Waals surface area contributed by atoms with E-state index in [1.807, 2.05) is 47.8 Å². The Kier molecular flexibility index (Phi) is 4.73. The highest BCUT2D eigenvalue weighted by molar-refractivity contribution is 7.10. The molecule has 1 aliphatic heterocycles. The molecule has 0 bridgehead atoms. The van der Waals surface area contributed by atoms with E-state index >= 15 is 0 Å². The number of thiophene rings is 1. The quantitative estimate of drug-likeness (QED) is 0.856. The lowest BCUT2D eigenvalue weighted by Gasteiger charge is -2.21. The third-order valence-electron chi connectivity index (χ3n) is 3.34. The molecular formula is C17H15NO4S. The van der Waals surface area contributed by atoms with E-state index < -0.39 is 24.2 Å². The molecule has 0 spiro atoms. The minimum Gasteiger partial charge on any atom is -0.452 e. The number of rotatable bonds is 5. The van der Waals surface area contributed by atoms with Crippen LogP contribution in [0.25, 0.3) is 0 Å². The maximum atomic E-state index is 12.1. The molecule has 5 nitrogen and oxygen atoms in total. The second-order valence-corrected chi connectivity index (χ2v) is 5.94. The van der Waals surface area contributed by atoms with Gasteiger partial charge in [-0.05, 0) is 23.1 Å². The number of cyclic esters (lactones) is 1. The Balaban J connectivity index is 1.63. The SMILES string of the molecule is O=C1C=CC(C(NC(=O)OCc2ccccc2)c2cccs2)O1. The number of hydrogen-bond acceptors (Lipinski definition) is 5. The number of benzene rings is 1. The highest BCUT2D eigenvalue weighted by Crippen LogP contribution is 2.27. The van der Waals surface area contributed by atoms with E-state index in [2.05, 4.69) is 5.32 Å². The van der Waals surface area contributed by atoms with Crippen molar-refractivity contribution in [2.45, 2.75) is 18.8 Å². The fraction of sp³-hybridized carbons (Fsp3) is 0.176. The number of esters is 1. The summed E-state index contributed by atoms with van der Waals surface area (Å²) in [5, 5.41) is 4.68. The van der Waals surface area contributed by atoms with E-state index in [1.54, 1.807) is 6.08 Å². The van der Waals surface area contributed by atoms with Crippen LogP contribution in [0, 0.1) is 0 Å². The van der Waals surface area contributed by atoms with E-state index in [0.29, 0.717) is 0 Å². The number of nitrogens with one attached hydrogen (secondary N) is 1. The molecule has 1 N–H and O–H groups in total. The van der Waals surface area contributed by atoms with Crippen LogP contribution in [-0.4, -0.2) is 18.2 Å². The number of amides is 1. The number of hydrogen-bond donors (Lipinski definition) is 1. The van der Waals surface area contributed by atoms with Crippen molar-refractivity contribution in [3.05, 3.63) is 70.4 Å². The predicted molar refractivity (Wildman–Crippen MR) is 85.8 cm³/mol. The first-order chi connectivity index (χ1) is 11.2. The molecule has 1 amide bonds. The molecule has 1 aromatic heterocycles. The fourth-order valence-corrected chi connectivity index (χ4v) is 3.05. The summed E-state index contributed by atoms with van der Waals surface area (Å²) in [5.41, 5.74) is 0.905. The monoisotopic (exact) mass is 329 g/mol. The van der Waals surface area contributed by atoms with Crippen molar-refractivity contribution in [3.63, 3.8) is 0 Å². The van der Waals surface area contributed by atoms with Crippen LogP contribution >= 0.6 is 11.3 Å². The van der Waals surface area contributed by atoms with Crippen LogP contribution in [-0.2, 0) is 20.9 Å². The summed E-state index contributed by atoms with van der Waals surface area (Å²) >= 11 is 1.48. The maximum absolute atomic E-state index is 12.1. The van der Waals surface area contributed by atoms with E-state index in [9.17, 15) is 9.59 Å². The van der Waals surface area contributed by atoms with Gasteiger partial charge in [0.05, 0.1) is 0 Å². The molecule has 3 rings (SSSR count). The Bertz CT molecular complexity index is 697. The van der Waals surface area contributed by atoms with Crippen LogP contribution in [0.5, 0.6) is 0 Å². The van der Waals surface area contributed by atoms with Gasteiger partial charge in [-0.1, -0.05) is 36.4 Å². The Labute approximate surface area is 137 Å². The lowest BCUT2D eigenvalue weighted by molar-refractivity contribution is -0.139. The predicted octanol–water partition coefficient (Wildman–Crippen LogP) is 3.20. The van der Waals surface area contributed by atoms with Gasteiger partial charge in [-0.3, -0.25) is 0 Å². The molecule has 2 unspecified atom stereocenters. The van der Waals surface area contributed by atoms with Crippen molar-refractivity contribution < 1.29 is 19.1 Å². The summed E-state index contributed by atoms with van der Waals surface area (Å²) in [7, 11) is 0. The minimum absolute atomic E-state index is 0.185. The van der Waals surface area contributed by atoms with Crippen LogP contribution in [0.3, 0.4) is 0 Å². The first-order valence-corrected chi connectivity index (χ1v) is 8.00. The van der Waals surface area contributed by atoms with Gasteiger partial charge in [0.2, 0.25) is 0 Å². The first-order valence-electron chi connectivity index (χ1n) is 7.12. The lowest BCUT2D eigenvalue weighted by Crippen LogP contribution is -2.36. The molecule has 2 heterocycles. The third-order valence-corrected chi connectivity index (χ3v) is 4.29. The van der Waals surface area contributed by atoms with Gasteiger partial charge in [0.1, 0.15) is 18.8 Å². The Morgan fingerprint density at radius 2 is 2.09 bits per heavy atom. The molecule has 1 aliphatic rings. The van der Waals surface area contributed by atoms with Crippen molar-refractivity contribution in [1.82, 2.24) is 5.32 Å². The van der Waals surface area contributed by atoms with Crippen LogP contribution in [0.1, 0.15) is 16.5 Å². The Morgan fingerprint density at radius 3 is 2.74 bits per heavy atom. The van der Waals surface area contributed by atoms with Gasteiger partial charge in [0.25, 0.3) is 0 Å². The summed E-state index contributed by atoms with van der Waals surface area (Å²) in [6.45, 7) is 0.185. The second kappa shape index (κ2) is 7.11. The normalized spacial score (nSPS) is 17.6. The van der Waals surface area contributed by atoms with Crippen LogP contribution in [0.15, 0.2) is 60.0 Å². The van der Waals surface area contributed by atoms with Gasteiger partial charge in [-0.25, -0.2) is 9.59 Å². The number of ether oxygens (including phenoxy) is 2. The van der Waals surface area contributed by atoms with Gasteiger partial charge in [0, 0.05) is 11.0 Å². The average Bonchev–Trinajstić information content (AvgIpc) is 3.23. The van der Waals surface area contributed by atoms with Crippen LogP contribution < -0.4 is 5.32 Å². The molecule has 2 atom stereocenters. The summed E-state index contributed by atoms with van der Waals surface area (Å²) in [4.78, 5) is 24.2. The van der Waals surface area contributed by atoms with Gasteiger partial charge < -0.3 is 14.8 Å². The second-order valence-electron chi connectivity index (χ2n) is 4.96. The summed E-state index contributed by atoms with van der Waals surface area (Å²) in [6, 6.07) is 12.7. The van der Waals surface area contributed by atoms with E-state index in [4.69, 9.17) is 9.47 Å². The summed E-state index contributed by atoms with van der Waals surface area (Å²) in [5.74, 6) is -0.406. The fourth-order valence-electron chi connectivity index (χ4n) is 2.24. The largest absolute Gasteiger partial charge is 0.452 e. The van der Waals surface area contributed by atoms with Gasteiger partial charge in [0.15, 0.2) is 0 Å². The molecule has 23 heavy (non-hydrogen) atoms. The lowest BCUT2D eigenvalue weighted by atomic mass is 10.1. The zero-order chi connectivity index (χ0) is 16.1. The van der Waals surface area contributed by atoms with Crippen molar-refractivity contribution >= 4 is 23.4 Å². The third kappa shape index (κ3) is 3.98. The zero-order valence-corrected chi connectivity index (χ0v) is 13.0. The summed E-state index contributed by atoms with van der Waals surface area (Å²) < 4.78 is 10.4. The van der Waals surface area contributed by atoms with Crippen LogP contribution in [0.4, 0.5) is 4.79 Å². The standard InChI is InChI=1S/C17H15NO4S/c19-15-9-8-13(22-15)16(14-7-4-10-23-14)18-17(20)21-11-12-5-2-1-3-6-12/h1-10,13,16H,11H2,(H,18,20). The number of alkyl carbamates (subject to hydrolysis) is 1. The molecular weight excluding hydrogens is 314 g/mol. The highest BCUT2D eigenvalue weighted by atomic mass is 32.1. The van der Waals surface area contributed by atoms with Crippen molar-refractivity contribution in [2.24, 2.45) is 0 Å². The molecule has 1 aromatic carbocycles. The summed E-state index contributed by atoms with van der Waals surface area (Å²) in [6.07, 6.45) is 1.93. The molecule has 0 saturated heterocycles. The molecule has 2 aromatic rings. The van der Waals surface area contributed by atoms with E-state index in [0.717, 1.165) is 10.4 Å². The smallest absolute Gasteiger partial charge is 0.408 e. The van der Waals surface area contributed by atoms with E-state index in [1.165, 1.54) is 17.4 Å². The minimum atomic E-state index is -0.552. The van der Waals surface area contributed by atoms with Gasteiger partial charge in [-0.2, -0.15) is 0 Å². The zero-order valence-electron chi connectivity index (χ0n) is 12.2. The van der Waals surface area contributed by atoms with E-state index in [-0.39, 0.29) is 6.61 Å². The average molecular weight is 329 g/mol.